The second-order valence-corrected chi connectivity index (χ2v) is 4.51. The van der Waals surface area contributed by atoms with Crippen LogP contribution in [-0.4, -0.2) is 48.3 Å². The average molecular weight is 268 g/mol. The van der Waals surface area contributed by atoms with Gasteiger partial charge in [-0.1, -0.05) is 0 Å². The van der Waals surface area contributed by atoms with Crippen LogP contribution in [0.15, 0.2) is 18.3 Å². The first-order valence-corrected chi connectivity index (χ1v) is 6.60. The van der Waals surface area contributed by atoms with Crippen molar-refractivity contribution in [1.29, 1.82) is 0 Å². The summed E-state index contributed by atoms with van der Waals surface area (Å²) >= 11 is 0. The molecule has 1 rings (SSSR count). The van der Waals surface area contributed by atoms with Gasteiger partial charge in [0, 0.05) is 32.6 Å². The van der Waals surface area contributed by atoms with Crippen LogP contribution in [0.5, 0.6) is 0 Å². The second kappa shape index (κ2) is 7.96. The van der Waals surface area contributed by atoms with Crippen molar-refractivity contribution in [2.45, 2.75) is 26.5 Å². The number of carbonyl (C=O) groups is 1. The molecule has 0 saturated heterocycles. The highest BCUT2D eigenvalue weighted by molar-refractivity contribution is 5.80. The van der Waals surface area contributed by atoms with Gasteiger partial charge in [0.25, 0.3) is 5.91 Å². The molecule has 1 amide bonds. The lowest BCUT2D eigenvalue weighted by Crippen LogP contribution is -2.36. The SMILES string of the molecule is CCOCCO[C@@H](C)C(=O)N(C)Cc1cccn1C. The van der Waals surface area contributed by atoms with E-state index in [1.165, 1.54) is 0 Å². The number of aryl methyl sites for hydroxylation is 1. The first kappa shape index (κ1) is 15.7. The van der Waals surface area contributed by atoms with Gasteiger partial charge < -0.3 is 18.9 Å². The summed E-state index contributed by atoms with van der Waals surface area (Å²) in [6.07, 6.45) is 1.53. The van der Waals surface area contributed by atoms with E-state index < -0.39 is 6.10 Å². The summed E-state index contributed by atoms with van der Waals surface area (Å²) in [5.74, 6) is -0.0160. The lowest BCUT2D eigenvalue weighted by atomic mass is 10.3. The monoisotopic (exact) mass is 268 g/mol. The van der Waals surface area contributed by atoms with Gasteiger partial charge in [-0.15, -0.1) is 0 Å². The molecule has 0 aliphatic carbocycles. The predicted octanol–water partition coefficient (Wildman–Crippen LogP) is 1.43. The molecule has 0 aliphatic heterocycles. The van der Waals surface area contributed by atoms with E-state index >= 15 is 0 Å². The molecular weight excluding hydrogens is 244 g/mol. The summed E-state index contributed by atoms with van der Waals surface area (Å²) in [7, 11) is 3.76. The van der Waals surface area contributed by atoms with Gasteiger partial charge in [0.05, 0.1) is 19.8 Å². The van der Waals surface area contributed by atoms with Gasteiger partial charge in [0.2, 0.25) is 0 Å². The number of hydrogen-bond donors (Lipinski definition) is 0. The molecule has 0 radical (unpaired) electrons. The number of hydrogen-bond acceptors (Lipinski definition) is 3. The highest BCUT2D eigenvalue weighted by Gasteiger charge is 2.18. The lowest BCUT2D eigenvalue weighted by molar-refractivity contribution is -0.142. The van der Waals surface area contributed by atoms with Gasteiger partial charge >= 0.3 is 0 Å². The van der Waals surface area contributed by atoms with Gasteiger partial charge in [-0.05, 0) is 26.0 Å². The number of rotatable bonds is 8. The van der Waals surface area contributed by atoms with Gasteiger partial charge in [0.15, 0.2) is 0 Å². The maximum atomic E-state index is 12.1. The Balaban J connectivity index is 2.37. The fraction of sp³-hybridized carbons (Fsp3) is 0.643. The number of nitrogens with zero attached hydrogens (tertiary/aromatic N) is 2. The Morgan fingerprint density at radius 2 is 2.21 bits per heavy atom. The van der Waals surface area contributed by atoms with E-state index in [-0.39, 0.29) is 5.91 Å². The van der Waals surface area contributed by atoms with Crippen molar-refractivity contribution in [2.75, 3.05) is 26.9 Å². The fourth-order valence-electron chi connectivity index (χ4n) is 1.79. The van der Waals surface area contributed by atoms with Crippen LogP contribution in [0.25, 0.3) is 0 Å². The van der Waals surface area contributed by atoms with E-state index in [4.69, 9.17) is 9.47 Å². The minimum absolute atomic E-state index is 0.0160. The minimum Gasteiger partial charge on any atom is -0.379 e. The third-order valence-electron chi connectivity index (χ3n) is 2.97. The molecule has 108 valence electrons. The largest absolute Gasteiger partial charge is 0.379 e. The number of likely N-dealkylation sites (N-methyl/N-ethyl adjacent to an activating group) is 1. The predicted molar refractivity (Wildman–Crippen MR) is 73.8 cm³/mol. The van der Waals surface area contributed by atoms with Gasteiger partial charge in [0.1, 0.15) is 6.10 Å². The number of carbonyl (C=O) groups excluding carboxylic acids is 1. The molecule has 1 aromatic heterocycles. The first-order valence-electron chi connectivity index (χ1n) is 6.60. The third-order valence-corrected chi connectivity index (χ3v) is 2.97. The van der Waals surface area contributed by atoms with E-state index in [1.54, 1.807) is 18.9 Å². The summed E-state index contributed by atoms with van der Waals surface area (Å²) in [6, 6.07) is 3.97. The molecule has 0 aromatic carbocycles. The molecule has 0 unspecified atom stereocenters. The van der Waals surface area contributed by atoms with Crippen molar-refractivity contribution < 1.29 is 14.3 Å². The topological polar surface area (TPSA) is 43.7 Å². The van der Waals surface area contributed by atoms with Crippen molar-refractivity contribution in [2.24, 2.45) is 7.05 Å². The summed E-state index contributed by atoms with van der Waals surface area (Å²) in [5.41, 5.74) is 1.09. The molecule has 1 atom stereocenters. The molecule has 0 N–H and O–H groups in total. The molecule has 5 heteroatoms. The van der Waals surface area contributed by atoms with Crippen molar-refractivity contribution in [3.8, 4) is 0 Å². The van der Waals surface area contributed by atoms with E-state index in [0.717, 1.165) is 5.69 Å². The maximum Gasteiger partial charge on any atom is 0.251 e. The smallest absolute Gasteiger partial charge is 0.251 e. The van der Waals surface area contributed by atoms with Crippen LogP contribution in [0.1, 0.15) is 19.5 Å². The van der Waals surface area contributed by atoms with Crippen LogP contribution in [-0.2, 0) is 27.9 Å². The van der Waals surface area contributed by atoms with Crippen LogP contribution >= 0.6 is 0 Å². The van der Waals surface area contributed by atoms with Crippen LogP contribution < -0.4 is 0 Å². The van der Waals surface area contributed by atoms with Gasteiger partial charge in [-0.3, -0.25) is 4.79 Å². The molecule has 0 fully saturated rings. The van der Waals surface area contributed by atoms with E-state index in [1.807, 2.05) is 36.9 Å². The Bertz CT molecular complexity index is 390. The minimum atomic E-state index is -0.439. The quantitative estimate of drug-likeness (QED) is 0.670. The van der Waals surface area contributed by atoms with Crippen molar-refractivity contribution in [3.63, 3.8) is 0 Å². The fourth-order valence-corrected chi connectivity index (χ4v) is 1.79. The van der Waals surface area contributed by atoms with Crippen molar-refractivity contribution in [3.05, 3.63) is 24.0 Å². The Morgan fingerprint density at radius 1 is 1.47 bits per heavy atom. The Labute approximate surface area is 115 Å². The zero-order chi connectivity index (χ0) is 14.3. The average Bonchev–Trinajstić information content (AvgIpc) is 2.79. The molecule has 1 heterocycles. The normalized spacial score (nSPS) is 12.4. The number of amides is 1. The van der Waals surface area contributed by atoms with Crippen molar-refractivity contribution >= 4 is 5.91 Å². The zero-order valence-electron chi connectivity index (χ0n) is 12.3. The molecule has 5 nitrogen and oxygen atoms in total. The van der Waals surface area contributed by atoms with Crippen LogP contribution in [0.4, 0.5) is 0 Å². The first-order chi connectivity index (χ1) is 9.06. The standard InChI is InChI=1S/C14H24N2O3/c1-5-18-9-10-19-12(2)14(17)16(4)11-13-7-6-8-15(13)3/h6-8,12H,5,9-11H2,1-4H3/t12-/m0/s1. The van der Waals surface area contributed by atoms with Crippen LogP contribution in [0.2, 0.25) is 0 Å². The molecule has 0 aliphatic rings. The highest BCUT2D eigenvalue weighted by atomic mass is 16.5. The Morgan fingerprint density at radius 3 is 2.79 bits per heavy atom. The second-order valence-electron chi connectivity index (χ2n) is 4.51. The molecule has 0 spiro atoms. The Hall–Kier alpha value is -1.33. The molecule has 0 saturated carbocycles. The number of aromatic nitrogens is 1. The molecule has 1 aromatic rings. The lowest BCUT2D eigenvalue weighted by Gasteiger charge is -2.22. The number of ether oxygens (including phenoxy) is 2. The van der Waals surface area contributed by atoms with E-state index in [0.29, 0.717) is 26.4 Å². The highest BCUT2D eigenvalue weighted by Crippen LogP contribution is 2.06. The third kappa shape index (κ3) is 5.04. The summed E-state index contributed by atoms with van der Waals surface area (Å²) < 4.78 is 12.6. The molecule has 0 bridgehead atoms. The van der Waals surface area contributed by atoms with Crippen molar-refractivity contribution in [1.82, 2.24) is 9.47 Å². The van der Waals surface area contributed by atoms with Crippen LogP contribution in [0.3, 0.4) is 0 Å². The molecular formula is C14H24N2O3. The van der Waals surface area contributed by atoms with Gasteiger partial charge in [-0.2, -0.15) is 0 Å². The van der Waals surface area contributed by atoms with Crippen LogP contribution in [0, 0.1) is 0 Å². The Kier molecular flexibility index (Phi) is 6.59. The maximum absolute atomic E-state index is 12.1. The zero-order valence-corrected chi connectivity index (χ0v) is 12.3. The van der Waals surface area contributed by atoms with Gasteiger partial charge in [-0.25, -0.2) is 0 Å². The van der Waals surface area contributed by atoms with E-state index in [2.05, 4.69) is 0 Å². The molecule has 19 heavy (non-hydrogen) atoms. The van der Waals surface area contributed by atoms with E-state index in [9.17, 15) is 4.79 Å². The summed E-state index contributed by atoms with van der Waals surface area (Å²) in [6.45, 7) is 5.92. The summed E-state index contributed by atoms with van der Waals surface area (Å²) in [4.78, 5) is 13.8. The summed E-state index contributed by atoms with van der Waals surface area (Å²) in [5, 5.41) is 0.